The normalized spacial score (nSPS) is 22.9. The maximum atomic E-state index is 13.4. The summed E-state index contributed by atoms with van der Waals surface area (Å²) in [5, 5.41) is 18.2. The molecule has 3 aromatic rings. The van der Waals surface area contributed by atoms with E-state index in [1.807, 2.05) is 0 Å². The third kappa shape index (κ3) is 3.33. The number of nitriles is 1. The fourth-order valence-corrected chi connectivity index (χ4v) is 4.21. The number of benzene rings is 1. The summed E-state index contributed by atoms with van der Waals surface area (Å²) in [5.74, 6) is -1.46. The lowest BCUT2D eigenvalue weighted by Gasteiger charge is -2.22. The van der Waals surface area contributed by atoms with Gasteiger partial charge in [-0.2, -0.15) is 23.5 Å². The van der Waals surface area contributed by atoms with Gasteiger partial charge in [-0.05, 0) is 42.0 Å². The third-order valence-electron chi connectivity index (χ3n) is 5.87. The van der Waals surface area contributed by atoms with Gasteiger partial charge in [0.25, 0.3) is 0 Å². The van der Waals surface area contributed by atoms with E-state index in [0.29, 0.717) is 23.3 Å². The van der Waals surface area contributed by atoms with Crippen LogP contribution in [0, 0.1) is 11.3 Å². The fraction of sp³-hybridized carbons (Fsp3) is 0.286. The Kier molecular flexibility index (Phi) is 4.40. The Labute approximate surface area is 179 Å². The fourth-order valence-electron chi connectivity index (χ4n) is 4.21. The van der Waals surface area contributed by atoms with E-state index in [2.05, 4.69) is 20.7 Å². The monoisotopic (exact) mass is 440 g/mol. The number of carbonyl (C=O) groups is 2. The summed E-state index contributed by atoms with van der Waals surface area (Å²) >= 11 is 0. The highest BCUT2D eigenvalue weighted by Crippen LogP contribution is 2.56. The van der Waals surface area contributed by atoms with Gasteiger partial charge in [-0.15, -0.1) is 0 Å². The minimum Gasteiger partial charge on any atom is -0.337 e. The molecule has 0 spiro atoms. The molecule has 1 aliphatic carbocycles. The molecule has 32 heavy (non-hydrogen) atoms. The van der Waals surface area contributed by atoms with Crippen molar-refractivity contribution in [1.29, 1.82) is 5.26 Å². The second-order valence-electron chi connectivity index (χ2n) is 7.84. The predicted molar refractivity (Wildman–Crippen MR) is 104 cm³/mol. The van der Waals surface area contributed by atoms with Crippen LogP contribution in [0.15, 0.2) is 36.7 Å². The summed E-state index contributed by atoms with van der Waals surface area (Å²) in [5.41, 5.74) is 0.903. The molecule has 2 aromatic heterocycles. The maximum absolute atomic E-state index is 13.4. The van der Waals surface area contributed by atoms with Crippen LogP contribution in [0.4, 0.5) is 18.0 Å². The van der Waals surface area contributed by atoms with Crippen LogP contribution in [0.25, 0.3) is 5.65 Å². The zero-order valence-corrected chi connectivity index (χ0v) is 16.3. The average molecular weight is 440 g/mol. The highest BCUT2D eigenvalue weighted by Gasteiger charge is 2.43. The zero-order chi connectivity index (χ0) is 22.6. The molecule has 162 valence electrons. The van der Waals surface area contributed by atoms with Crippen molar-refractivity contribution in [2.45, 2.75) is 30.4 Å². The Morgan fingerprint density at radius 1 is 1.19 bits per heavy atom. The first-order valence-electron chi connectivity index (χ1n) is 9.80. The molecule has 3 amide bonds. The molecule has 1 aliphatic heterocycles. The molecule has 2 N–H and O–H groups in total. The molecule has 0 radical (unpaired) electrons. The average Bonchev–Trinajstić information content (AvgIpc) is 3.40. The molecule has 2 fully saturated rings. The van der Waals surface area contributed by atoms with Crippen molar-refractivity contribution >= 4 is 17.6 Å². The predicted octanol–water partition coefficient (Wildman–Crippen LogP) is 2.81. The van der Waals surface area contributed by atoms with E-state index in [-0.39, 0.29) is 18.4 Å². The first-order chi connectivity index (χ1) is 15.3. The van der Waals surface area contributed by atoms with Gasteiger partial charge in [0.15, 0.2) is 5.65 Å². The molecular formula is C21H15F3N6O2. The second kappa shape index (κ2) is 7.05. The summed E-state index contributed by atoms with van der Waals surface area (Å²) in [4.78, 5) is 28.0. The molecule has 3 heterocycles. The van der Waals surface area contributed by atoms with Crippen molar-refractivity contribution in [2.24, 2.45) is 0 Å². The molecule has 11 heteroatoms. The van der Waals surface area contributed by atoms with E-state index in [4.69, 9.17) is 5.26 Å². The van der Waals surface area contributed by atoms with Gasteiger partial charge in [-0.3, -0.25) is 10.1 Å². The molecular weight excluding hydrogens is 425 g/mol. The van der Waals surface area contributed by atoms with Crippen LogP contribution in [-0.4, -0.2) is 33.1 Å². The number of rotatable bonds is 3. The number of imidazole rings is 1. The van der Waals surface area contributed by atoms with E-state index < -0.39 is 35.2 Å². The van der Waals surface area contributed by atoms with Crippen molar-refractivity contribution in [3.8, 4) is 6.07 Å². The lowest BCUT2D eigenvalue weighted by Crippen LogP contribution is -2.51. The number of carbonyl (C=O) groups excluding carboxylic acids is 2. The Morgan fingerprint density at radius 2 is 2.00 bits per heavy atom. The van der Waals surface area contributed by atoms with Crippen LogP contribution in [0.1, 0.15) is 52.1 Å². The standard InChI is InChI=1S/C21H15F3N6O2/c22-21(23,24)16-5-10(1-2-11(16)8-25)12-6-13(12)14-7-17(29-30-4-3-26-18(14)30)15-9-27-20(32)28-19(15)31/h1-5,7,12-13,15H,6,9H2,(H2,27,28,31,32)/t12-,13+,15?/m1/s1. The Balaban J connectivity index is 1.51. The van der Waals surface area contributed by atoms with Gasteiger partial charge < -0.3 is 5.32 Å². The number of hydrogen-bond donors (Lipinski definition) is 2. The zero-order valence-electron chi connectivity index (χ0n) is 16.3. The van der Waals surface area contributed by atoms with Crippen molar-refractivity contribution in [1.82, 2.24) is 25.2 Å². The number of hydrogen-bond acceptors (Lipinski definition) is 5. The van der Waals surface area contributed by atoms with Crippen LogP contribution in [0.3, 0.4) is 0 Å². The van der Waals surface area contributed by atoms with Crippen LogP contribution < -0.4 is 10.6 Å². The maximum Gasteiger partial charge on any atom is 0.417 e. The molecule has 2 aliphatic rings. The van der Waals surface area contributed by atoms with E-state index in [9.17, 15) is 22.8 Å². The number of nitrogens with zero attached hydrogens (tertiary/aromatic N) is 4. The van der Waals surface area contributed by atoms with E-state index in [1.54, 1.807) is 30.6 Å². The number of aromatic nitrogens is 3. The first kappa shape index (κ1) is 20.0. The van der Waals surface area contributed by atoms with Gasteiger partial charge in [0.2, 0.25) is 5.91 Å². The van der Waals surface area contributed by atoms with Gasteiger partial charge in [0.1, 0.15) is 0 Å². The van der Waals surface area contributed by atoms with Crippen molar-refractivity contribution < 1.29 is 22.8 Å². The molecule has 1 saturated heterocycles. The van der Waals surface area contributed by atoms with Gasteiger partial charge >= 0.3 is 12.2 Å². The lowest BCUT2D eigenvalue weighted by molar-refractivity contribution is -0.137. The van der Waals surface area contributed by atoms with Crippen LogP contribution in [0.5, 0.6) is 0 Å². The highest BCUT2D eigenvalue weighted by atomic mass is 19.4. The minimum atomic E-state index is -4.62. The number of halogens is 3. The number of imide groups is 1. The molecule has 1 aromatic carbocycles. The number of fused-ring (bicyclic) bond motifs is 1. The molecule has 3 atom stereocenters. The first-order valence-corrected chi connectivity index (χ1v) is 9.80. The van der Waals surface area contributed by atoms with E-state index in [1.165, 1.54) is 10.6 Å². The number of urea groups is 1. The van der Waals surface area contributed by atoms with Gasteiger partial charge in [0, 0.05) is 24.5 Å². The largest absolute Gasteiger partial charge is 0.417 e. The van der Waals surface area contributed by atoms with E-state index in [0.717, 1.165) is 11.6 Å². The van der Waals surface area contributed by atoms with Crippen molar-refractivity contribution in [3.63, 3.8) is 0 Å². The molecule has 5 rings (SSSR count). The summed E-state index contributed by atoms with van der Waals surface area (Å²) in [6, 6.07) is 6.55. The molecule has 1 unspecified atom stereocenters. The van der Waals surface area contributed by atoms with Crippen molar-refractivity contribution in [2.75, 3.05) is 6.54 Å². The van der Waals surface area contributed by atoms with Gasteiger partial charge in [-0.1, -0.05) is 6.07 Å². The second-order valence-corrected chi connectivity index (χ2v) is 7.84. The topological polar surface area (TPSA) is 112 Å². The lowest BCUT2D eigenvalue weighted by atomic mass is 9.97. The van der Waals surface area contributed by atoms with Crippen LogP contribution >= 0.6 is 0 Å². The van der Waals surface area contributed by atoms with Crippen LogP contribution in [0.2, 0.25) is 0 Å². The smallest absolute Gasteiger partial charge is 0.337 e. The van der Waals surface area contributed by atoms with Crippen LogP contribution in [-0.2, 0) is 11.0 Å². The quantitative estimate of drug-likeness (QED) is 0.651. The summed E-state index contributed by atoms with van der Waals surface area (Å²) in [6.07, 6.45) is -0.838. The molecule has 1 saturated carbocycles. The van der Waals surface area contributed by atoms with E-state index >= 15 is 0 Å². The number of alkyl halides is 3. The summed E-state index contributed by atoms with van der Waals surface area (Å²) in [6.45, 7) is 0.0932. The third-order valence-corrected chi connectivity index (χ3v) is 5.87. The molecule has 0 bridgehead atoms. The molecule has 8 nitrogen and oxygen atoms in total. The Bertz CT molecular complexity index is 1310. The Morgan fingerprint density at radius 3 is 2.72 bits per heavy atom. The summed E-state index contributed by atoms with van der Waals surface area (Å²) in [7, 11) is 0. The Hall–Kier alpha value is -3.94. The number of nitrogens with one attached hydrogen (secondary N) is 2. The summed E-state index contributed by atoms with van der Waals surface area (Å²) < 4.78 is 41.6. The SMILES string of the molecule is N#Cc1ccc([C@H]2C[C@@H]2c2cc(C3CNC(=O)NC3=O)nn3ccnc23)cc1C(F)(F)F. The van der Waals surface area contributed by atoms with Crippen molar-refractivity contribution in [3.05, 3.63) is 64.6 Å². The van der Waals surface area contributed by atoms with Gasteiger partial charge in [0.05, 0.1) is 28.8 Å². The van der Waals surface area contributed by atoms with Gasteiger partial charge in [-0.25, -0.2) is 14.3 Å². The highest BCUT2D eigenvalue weighted by molar-refractivity contribution is 6.00. The minimum absolute atomic E-state index is 0.0932. The number of amides is 3.